The molecular weight excluding hydrogens is 334 g/mol. The van der Waals surface area contributed by atoms with E-state index in [1.807, 2.05) is 21.7 Å². The van der Waals surface area contributed by atoms with Crippen LogP contribution in [-0.2, 0) is 9.47 Å². The molecule has 1 aromatic rings. The van der Waals surface area contributed by atoms with Gasteiger partial charge in [0.15, 0.2) is 0 Å². The van der Waals surface area contributed by atoms with Crippen molar-refractivity contribution >= 4 is 17.2 Å². The van der Waals surface area contributed by atoms with E-state index in [1.165, 1.54) is 12.8 Å². The summed E-state index contributed by atoms with van der Waals surface area (Å²) in [6.45, 7) is 4.37. The normalized spacial score (nSPS) is 26.1. The zero-order valence-electron chi connectivity index (χ0n) is 15.0. The number of piperidine rings is 1. The van der Waals surface area contributed by atoms with E-state index in [9.17, 15) is 4.79 Å². The van der Waals surface area contributed by atoms with Gasteiger partial charge in [-0.25, -0.2) is 0 Å². The van der Waals surface area contributed by atoms with Crippen molar-refractivity contribution in [3.8, 4) is 0 Å². The first-order chi connectivity index (χ1) is 12.2. The van der Waals surface area contributed by atoms with E-state index in [2.05, 4.69) is 0 Å². The van der Waals surface area contributed by atoms with Gasteiger partial charge < -0.3 is 14.4 Å². The largest absolute Gasteiger partial charge is 0.381 e. The van der Waals surface area contributed by atoms with Crippen LogP contribution in [0.15, 0.2) is 16.8 Å². The summed E-state index contributed by atoms with van der Waals surface area (Å²) in [5.74, 6) is 1.75. The topological polar surface area (TPSA) is 38.8 Å². The third-order valence-corrected chi connectivity index (χ3v) is 6.73. The summed E-state index contributed by atoms with van der Waals surface area (Å²) in [7, 11) is 0. The Morgan fingerprint density at radius 2 is 2.12 bits per heavy atom. The molecule has 0 N–H and O–H groups in total. The number of ether oxygens (including phenoxy) is 2. The van der Waals surface area contributed by atoms with E-state index in [4.69, 9.17) is 9.47 Å². The Morgan fingerprint density at radius 3 is 2.84 bits per heavy atom. The third kappa shape index (κ3) is 4.44. The maximum absolute atomic E-state index is 12.5. The molecule has 5 heteroatoms. The molecule has 0 aromatic carbocycles. The van der Waals surface area contributed by atoms with Crippen molar-refractivity contribution in [1.82, 2.24) is 4.90 Å². The zero-order valence-corrected chi connectivity index (χ0v) is 15.8. The fourth-order valence-electron chi connectivity index (χ4n) is 4.19. The van der Waals surface area contributed by atoms with E-state index >= 15 is 0 Å². The highest BCUT2D eigenvalue weighted by atomic mass is 32.1. The van der Waals surface area contributed by atoms with Crippen LogP contribution in [0.5, 0.6) is 0 Å². The number of hydrogen-bond acceptors (Lipinski definition) is 4. The van der Waals surface area contributed by atoms with Gasteiger partial charge in [0.25, 0.3) is 5.91 Å². The minimum Gasteiger partial charge on any atom is -0.381 e. The number of amides is 1. The van der Waals surface area contributed by atoms with Crippen molar-refractivity contribution in [2.24, 2.45) is 11.8 Å². The number of thiophene rings is 1. The highest BCUT2D eigenvalue weighted by molar-refractivity contribution is 7.08. The Balaban J connectivity index is 1.24. The van der Waals surface area contributed by atoms with Crippen LogP contribution in [-0.4, -0.2) is 49.3 Å². The summed E-state index contributed by atoms with van der Waals surface area (Å²) in [6.07, 6.45) is 8.13. The molecule has 1 aromatic heterocycles. The van der Waals surface area contributed by atoms with Gasteiger partial charge in [0.1, 0.15) is 0 Å². The van der Waals surface area contributed by atoms with Crippen LogP contribution in [0.1, 0.15) is 55.3 Å². The molecule has 1 unspecified atom stereocenters. The van der Waals surface area contributed by atoms with Crippen molar-refractivity contribution in [3.05, 3.63) is 22.4 Å². The lowest BCUT2D eigenvalue weighted by Crippen LogP contribution is -2.50. The maximum atomic E-state index is 12.5. The van der Waals surface area contributed by atoms with Gasteiger partial charge in [0.2, 0.25) is 0 Å². The van der Waals surface area contributed by atoms with Crippen LogP contribution in [0.3, 0.4) is 0 Å². The van der Waals surface area contributed by atoms with Crippen LogP contribution < -0.4 is 0 Å². The summed E-state index contributed by atoms with van der Waals surface area (Å²) in [6, 6.07) is 1.92. The highest BCUT2D eigenvalue weighted by Crippen LogP contribution is 2.39. The molecular formula is C20H29NO3S. The second-order valence-electron chi connectivity index (χ2n) is 8.00. The summed E-state index contributed by atoms with van der Waals surface area (Å²) >= 11 is 1.58. The highest BCUT2D eigenvalue weighted by Gasteiger charge is 2.41. The van der Waals surface area contributed by atoms with Crippen LogP contribution in [0.2, 0.25) is 0 Å². The van der Waals surface area contributed by atoms with Crippen molar-refractivity contribution in [2.45, 2.75) is 50.5 Å². The summed E-state index contributed by atoms with van der Waals surface area (Å²) in [5.41, 5.74) is 0.835. The summed E-state index contributed by atoms with van der Waals surface area (Å²) < 4.78 is 12.1. The van der Waals surface area contributed by atoms with Gasteiger partial charge in [0, 0.05) is 38.3 Å². The molecule has 1 saturated carbocycles. The van der Waals surface area contributed by atoms with E-state index in [0.29, 0.717) is 5.92 Å². The lowest BCUT2D eigenvalue weighted by Gasteiger charge is -2.46. The summed E-state index contributed by atoms with van der Waals surface area (Å²) in [4.78, 5) is 14.5. The fraction of sp³-hybridized carbons (Fsp3) is 0.750. The van der Waals surface area contributed by atoms with E-state index in [-0.39, 0.29) is 11.5 Å². The first-order valence-corrected chi connectivity index (χ1v) is 10.7. The molecule has 138 valence electrons. The second kappa shape index (κ2) is 7.77. The monoisotopic (exact) mass is 363 g/mol. The van der Waals surface area contributed by atoms with Gasteiger partial charge in [-0.05, 0) is 68.2 Å². The van der Waals surface area contributed by atoms with Crippen molar-refractivity contribution in [3.63, 3.8) is 0 Å². The average Bonchev–Trinajstić information content (AvgIpc) is 3.29. The van der Waals surface area contributed by atoms with Gasteiger partial charge in [-0.3, -0.25) is 4.79 Å². The molecule has 2 aliphatic heterocycles. The number of carbonyl (C=O) groups is 1. The quantitative estimate of drug-likeness (QED) is 0.718. The molecule has 1 spiro atoms. The average molecular weight is 364 g/mol. The number of hydrogen-bond donors (Lipinski definition) is 0. The third-order valence-electron chi connectivity index (χ3n) is 6.05. The molecule has 3 fully saturated rings. The number of nitrogens with zero attached hydrogens (tertiary/aromatic N) is 1. The minimum absolute atomic E-state index is 0.00480. The molecule has 0 radical (unpaired) electrons. The van der Waals surface area contributed by atoms with Crippen molar-refractivity contribution in [2.75, 3.05) is 32.9 Å². The standard InChI is InChI=1S/C20H29NO3S/c22-19(18-5-12-25-15-18)21-8-6-20(7-9-21)13-16(4-11-24-20)3-10-23-14-17-1-2-17/h5,12,15-17H,1-4,6-11,13-14H2. The Hall–Kier alpha value is -0.910. The predicted molar refractivity (Wildman–Crippen MR) is 99.0 cm³/mol. The first-order valence-electron chi connectivity index (χ1n) is 9.77. The van der Waals surface area contributed by atoms with Gasteiger partial charge in [-0.2, -0.15) is 11.3 Å². The lowest BCUT2D eigenvalue weighted by atomic mass is 9.78. The molecule has 3 aliphatic rings. The molecule has 25 heavy (non-hydrogen) atoms. The summed E-state index contributed by atoms with van der Waals surface area (Å²) in [5, 5.41) is 3.92. The van der Waals surface area contributed by atoms with E-state index in [0.717, 1.165) is 76.5 Å². The fourth-order valence-corrected chi connectivity index (χ4v) is 4.82. The Bertz CT molecular complexity index is 562. The van der Waals surface area contributed by atoms with Gasteiger partial charge in [-0.1, -0.05) is 0 Å². The van der Waals surface area contributed by atoms with Gasteiger partial charge in [-0.15, -0.1) is 0 Å². The van der Waals surface area contributed by atoms with Crippen molar-refractivity contribution in [1.29, 1.82) is 0 Å². The van der Waals surface area contributed by atoms with Crippen LogP contribution >= 0.6 is 11.3 Å². The zero-order chi connectivity index (χ0) is 17.1. The number of carbonyl (C=O) groups excluding carboxylic acids is 1. The van der Waals surface area contributed by atoms with Crippen LogP contribution in [0, 0.1) is 11.8 Å². The molecule has 1 aliphatic carbocycles. The van der Waals surface area contributed by atoms with Gasteiger partial charge >= 0.3 is 0 Å². The van der Waals surface area contributed by atoms with Crippen molar-refractivity contribution < 1.29 is 14.3 Å². The number of likely N-dealkylation sites (tertiary alicyclic amines) is 1. The van der Waals surface area contributed by atoms with E-state index < -0.39 is 0 Å². The van der Waals surface area contributed by atoms with Crippen LogP contribution in [0.4, 0.5) is 0 Å². The second-order valence-corrected chi connectivity index (χ2v) is 8.78. The molecule has 1 atom stereocenters. The molecule has 0 bridgehead atoms. The van der Waals surface area contributed by atoms with Crippen LogP contribution in [0.25, 0.3) is 0 Å². The molecule has 4 rings (SSSR count). The van der Waals surface area contributed by atoms with E-state index in [1.54, 1.807) is 11.3 Å². The molecule has 3 heterocycles. The Kier molecular flexibility index (Phi) is 5.44. The predicted octanol–water partition coefficient (Wildman–Crippen LogP) is 3.97. The minimum atomic E-state index is 0.00480. The smallest absolute Gasteiger partial charge is 0.254 e. The molecule has 2 saturated heterocycles. The maximum Gasteiger partial charge on any atom is 0.254 e. The lowest BCUT2D eigenvalue weighted by molar-refractivity contribution is -0.126. The Morgan fingerprint density at radius 1 is 1.28 bits per heavy atom. The molecule has 1 amide bonds. The number of rotatable bonds is 6. The first kappa shape index (κ1) is 17.5. The van der Waals surface area contributed by atoms with Gasteiger partial charge in [0.05, 0.1) is 11.2 Å². The Labute approximate surface area is 154 Å². The molecule has 4 nitrogen and oxygen atoms in total. The SMILES string of the molecule is O=C(c1ccsc1)N1CCC2(CC1)CC(CCOCC1CC1)CCO2.